The Morgan fingerprint density at radius 1 is 1.20 bits per heavy atom. The third-order valence-corrected chi connectivity index (χ3v) is 4.68. The van der Waals surface area contributed by atoms with Gasteiger partial charge in [-0.15, -0.1) is 11.3 Å². The van der Waals surface area contributed by atoms with Crippen LogP contribution in [0.25, 0.3) is 0 Å². The molecule has 0 radical (unpaired) electrons. The van der Waals surface area contributed by atoms with Crippen LogP contribution in [0.15, 0.2) is 0 Å². The summed E-state index contributed by atoms with van der Waals surface area (Å²) >= 11 is 1.54. The maximum atomic E-state index is 12.2. The summed E-state index contributed by atoms with van der Waals surface area (Å²) in [5.74, 6) is -0.370. The number of carbonyl (C=O) groups excluding carboxylic acids is 2. The molecular weight excluding hydrogens is 274 g/mol. The van der Waals surface area contributed by atoms with E-state index < -0.39 is 0 Å². The smallest absolute Gasteiger partial charge is 0.341 e. The number of aryl methyl sites for hydroxylation is 1. The fraction of sp³-hybridized carbons (Fsp3) is 0.600. The van der Waals surface area contributed by atoms with E-state index in [1.165, 1.54) is 11.3 Å². The number of carbonyl (C=O) groups is 2. The Hall–Kier alpha value is -1.36. The summed E-state index contributed by atoms with van der Waals surface area (Å²) in [6.45, 7) is 3.95. The van der Waals surface area contributed by atoms with Crippen molar-refractivity contribution in [2.75, 3.05) is 11.9 Å². The highest BCUT2D eigenvalue weighted by Crippen LogP contribution is 2.38. The van der Waals surface area contributed by atoms with E-state index in [-0.39, 0.29) is 11.9 Å². The monoisotopic (exact) mass is 295 g/mol. The second-order valence-electron chi connectivity index (χ2n) is 4.89. The molecule has 1 aromatic heterocycles. The molecule has 0 aromatic carbocycles. The standard InChI is InChI=1S/C15H21NO3S/c1-3-12(17)16-14-13(15(18)19-4-2)10-8-6-5-7-9-11(10)20-14/h3-9H2,1-2H3,(H,16,17). The predicted molar refractivity (Wildman–Crippen MR) is 80.5 cm³/mol. The molecule has 1 amide bonds. The number of thiophene rings is 1. The van der Waals surface area contributed by atoms with Crippen molar-refractivity contribution < 1.29 is 14.3 Å². The summed E-state index contributed by atoms with van der Waals surface area (Å²) in [5, 5.41) is 3.52. The summed E-state index contributed by atoms with van der Waals surface area (Å²) in [4.78, 5) is 25.1. The zero-order valence-electron chi connectivity index (χ0n) is 12.1. The molecule has 4 nitrogen and oxygen atoms in total. The molecule has 0 fully saturated rings. The van der Waals surface area contributed by atoms with Crippen LogP contribution >= 0.6 is 11.3 Å². The Bertz CT molecular complexity index is 507. The number of hydrogen-bond donors (Lipinski definition) is 1. The molecule has 0 atom stereocenters. The molecular formula is C15H21NO3S. The minimum atomic E-state index is -0.307. The van der Waals surface area contributed by atoms with Crippen molar-refractivity contribution in [2.45, 2.75) is 52.4 Å². The van der Waals surface area contributed by atoms with Crippen molar-refractivity contribution in [1.29, 1.82) is 0 Å². The molecule has 2 rings (SSSR count). The van der Waals surface area contributed by atoms with Crippen LogP contribution in [-0.2, 0) is 22.4 Å². The maximum Gasteiger partial charge on any atom is 0.341 e. The third-order valence-electron chi connectivity index (χ3n) is 3.47. The van der Waals surface area contributed by atoms with Gasteiger partial charge in [0.05, 0.1) is 12.2 Å². The van der Waals surface area contributed by atoms with E-state index in [2.05, 4.69) is 5.32 Å². The topological polar surface area (TPSA) is 55.4 Å². The third kappa shape index (κ3) is 3.20. The van der Waals surface area contributed by atoms with E-state index in [9.17, 15) is 9.59 Å². The highest BCUT2D eigenvalue weighted by Gasteiger charge is 2.26. The van der Waals surface area contributed by atoms with Gasteiger partial charge in [0.1, 0.15) is 5.00 Å². The quantitative estimate of drug-likeness (QED) is 0.683. The first-order valence-electron chi connectivity index (χ1n) is 7.28. The number of nitrogens with one attached hydrogen (secondary N) is 1. The normalized spacial score (nSPS) is 14.3. The molecule has 1 N–H and O–H groups in total. The Morgan fingerprint density at radius 3 is 2.65 bits per heavy atom. The predicted octanol–water partition coefficient (Wildman–Crippen LogP) is 3.54. The van der Waals surface area contributed by atoms with Gasteiger partial charge in [-0.3, -0.25) is 4.79 Å². The van der Waals surface area contributed by atoms with Gasteiger partial charge in [0.15, 0.2) is 0 Å². The number of anilines is 1. The Balaban J connectivity index is 2.39. The van der Waals surface area contributed by atoms with Crippen LogP contribution in [0.5, 0.6) is 0 Å². The van der Waals surface area contributed by atoms with Crippen molar-refractivity contribution in [3.8, 4) is 0 Å². The van der Waals surface area contributed by atoms with Gasteiger partial charge in [-0.1, -0.05) is 13.3 Å². The van der Waals surface area contributed by atoms with Crippen molar-refractivity contribution in [2.24, 2.45) is 0 Å². The average Bonchev–Trinajstić information content (AvgIpc) is 2.60. The van der Waals surface area contributed by atoms with Gasteiger partial charge in [0.25, 0.3) is 0 Å². The summed E-state index contributed by atoms with van der Waals surface area (Å²) in [5.41, 5.74) is 1.69. The molecule has 0 saturated heterocycles. The minimum Gasteiger partial charge on any atom is -0.462 e. The van der Waals surface area contributed by atoms with Crippen LogP contribution in [0.4, 0.5) is 5.00 Å². The lowest BCUT2D eigenvalue weighted by molar-refractivity contribution is -0.115. The van der Waals surface area contributed by atoms with Gasteiger partial charge in [0, 0.05) is 11.3 Å². The number of fused-ring (bicyclic) bond motifs is 1. The first kappa shape index (κ1) is 15.0. The molecule has 110 valence electrons. The lowest BCUT2D eigenvalue weighted by atomic mass is 10.1. The highest BCUT2D eigenvalue weighted by molar-refractivity contribution is 7.17. The first-order valence-corrected chi connectivity index (χ1v) is 8.10. The maximum absolute atomic E-state index is 12.2. The second-order valence-corrected chi connectivity index (χ2v) is 6.00. The molecule has 0 aliphatic heterocycles. The number of amides is 1. The second kappa shape index (κ2) is 6.88. The highest BCUT2D eigenvalue weighted by atomic mass is 32.1. The Kier molecular flexibility index (Phi) is 5.17. The fourth-order valence-corrected chi connectivity index (χ4v) is 3.76. The Morgan fingerprint density at radius 2 is 1.95 bits per heavy atom. The Labute approximate surface area is 123 Å². The molecule has 20 heavy (non-hydrogen) atoms. The first-order chi connectivity index (χ1) is 9.67. The van der Waals surface area contributed by atoms with Crippen LogP contribution in [0.2, 0.25) is 0 Å². The summed E-state index contributed by atoms with van der Waals surface area (Å²) in [7, 11) is 0. The van der Waals surface area contributed by atoms with Crippen molar-refractivity contribution in [3.05, 3.63) is 16.0 Å². The van der Waals surface area contributed by atoms with Crippen molar-refractivity contribution in [1.82, 2.24) is 0 Å². The molecule has 1 heterocycles. The molecule has 5 heteroatoms. The molecule has 0 saturated carbocycles. The number of rotatable bonds is 4. The van der Waals surface area contributed by atoms with Crippen LogP contribution in [0, 0.1) is 0 Å². The lowest BCUT2D eigenvalue weighted by Gasteiger charge is -2.07. The average molecular weight is 295 g/mol. The molecule has 0 bridgehead atoms. The minimum absolute atomic E-state index is 0.0630. The van der Waals surface area contributed by atoms with Gasteiger partial charge < -0.3 is 10.1 Å². The molecule has 1 aromatic rings. The number of ether oxygens (including phenoxy) is 1. The van der Waals surface area contributed by atoms with Gasteiger partial charge in [-0.25, -0.2) is 4.79 Å². The number of hydrogen-bond acceptors (Lipinski definition) is 4. The van der Waals surface area contributed by atoms with E-state index >= 15 is 0 Å². The van der Waals surface area contributed by atoms with E-state index in [0.29, 0.717) is 23.6 Å². The summed E-state index contributed by atoms with van der Waals surface area (Å²) in [6.07, 6.45) is 5.75. The summed E-state index contributed by atoms with van der Waals surface area (Å²) in [6, 6.07) is 0. The molecule has 0 unspecified atom stereocenters. The number of esters is 1. The molecule has 1 aliphatic rings. The van der Waals surface area contributed by atoms with Crippen LogP contribution in [0.3, 0.4) is 0 Å². The van der Waals surface area contributed by atoms with Crippen molar-refractivity contribution in [3.63, 3.8) is 0 Å². The lowest BCUT2D eigenvalue weighted by Crippen LogP contribution is -2.14. The van der Waals surface area contributed by atoms with E-state index in [4.69, 9.17) is 4.74 Å². The van der Waals surface area contributed by atoms with Crippen molar-refractivity contribution >= 4 is 28.2 Å². The van der Waals surface area contributed by atoms with E-state index in [1.807, 2.05) is 0 Å². The van der Waals surface area contributed by atoms with Crippen LogP contribution in [0.1, 0.15) is 60.3 Å². The summed E-state index contributed by atoms with van der Waals surface area (Å²) < 4.78 is 5.17. The molecule has 0 spiro atoms. The van der Waals surface area contributed by atoms with Gasteiger partial charge in [-0.05, 0) is 38.2 Å². The van der Waals surface area contributed by atoms with Crippen LogP contribution < -0.4 is 5.32 Å². The van der Waals surface area contributed by atoms with E-state index in [1.54, 1.807) is 25.2 Å². The van der Waals surface area contributed by atoms with Crippen LogP contribution in [-0.4, -0.2) is 18.5 Å². The van der Waals surface area contributed by atoms with Gasteiger partial charge >= 0.3 is 5.97 Å². The van der Waals surface area contributed by atoms with Gasteiger partial charge in [0.2, 0.25) is 5.91 Å². The zero-order chi connectivity index (χ0) is 14.5. The SMILES string of the molecule is CCOC(=O)c1c(NC(=O)CC)sc2c1CCCCC2. The fourth-order valence-electron chi connectivity index (χ4n) is 2.46. The zero-order valence-corrected chi connectivity index (χ0v) is 12.9. The van der Waals surface area contributed by atoms with E-state index in [0.717, 1.165) is 31.2 Å². The molecule has 1 aliphatic carbocycles. The van der Waals surface area contributed by atoms with Gasteiger partial charge in [-0.2, -0.15) is 0 Å². The largest absolute Gasteiger partial charge is 0.462 e.